The van der Waals surface area contributed by atoms with Crippen LogP contribution >= 0.6 is 0 Å². The lowest BCUT2D eigenvalue weighted by molar-refractivity contribution is -0.151. The number of halogens is 3. The molecule has 0 spiro atoms. The zero-order valence-corrected chi connectivity index (χ0v) is 17.1. The number of hydrogen-bond donors (Lipinski definition) is 4. The molecule has 1 aliphatic carbocycles. The van der Waals surface area contributed by atoms with Crippen LogP contribution in [0.15, 0.2) is 48.5 Å². The van der Waals surface area contributed by atoms with Crippen LogP contribution in [0.5, 0.6) is 0 Å². The Kier molecular flexibility index (Phi) is 7.22. The predicted molar refractivity (Wildman–Crippen MR) is 109 cm³/mol. The van der Waals surface area contributed by atoms with Gasteiger partial charge >= 0.3 is 18.2 Å². The van der Waals surface area contributed by atoms with E-state index in [1.165, 1.54) is 0 Å². The summed E-state index contributed by atoms with van der Waals surface area (Å²) in [5, 5.41) is 21.5. The number of carboxylic acids is 1. The number of aliphatic hydroxyl groups excluding tert-OH is 1. The minimum absolute atomic E-state index is 0.186. The molecule has 11 heteroatoms. The number of benzene rings is 2. The summed E-state index contributed by atoms with van der Waals surface area (Å²) in [5.74, 6) is -3.40. The number of carbonyl (C=O) groups excluding carboxylic acids is 2. The molecule has 0 radical (unpaired) electrons. The number of hydrogen-bond acceptors (Lipinski definition) is 5. The summed E-state index contributed by atoms with van der Waals surface area (Å²) in [7, 11) is 0. The monoisotopic (exact) mass is 466 g/mol. The summed E-state index contributed by atoms with van der Waals surface area (Å²) in [6.07, 6.45) is -7.85. The maximum atomic E-state index is 12.9. The summed E-state index contributed by atoms with van der Waals surface area (Å²) in [6, 6.07) is 11.0. The fourth-order valence-electron chi connectivity index (χ4n) is 3.68. The first-order chi connectivity index (χ1) is 15.6. The Labute approximate surface area is 186 Å². The van der Waals surface area contributed by atoms with Gasteiger partial charge < -0.3 is 25.6 Å². The van der Waals surface area contributed by atoms with Gasteiger partial charge in [-0.3, -0.25) is 4.79 Å². The molecule has 0 aromatic heterocycles. The first kappa shape index (κ1) is 24.1. The average molecular weight is 466 g/mol. The van der Waals surface area contributed by atoms with Crippen LogP contribution in [-0.2, 0) is 14.3 Å². The van der Waals surface area contributed by atoms with E-state index in [4.69, 9.17) is 14.9 Å². The van der Waals surface area contributed by atoms with Crippen molar-refractivity contribution in [1.29, 1.82) is 0 Å². The van der Waals surface area contributed by atoms with E-state index >= 15 is 0 Å². The van der Waals surface area contributed by atoms with E-state index < -0.39 is 49.3 Å². The van der Waals surface area contributed by atoms with Gasteiger partial charge in [0.15, 0.2) is 0 Å². The van der Waals surface area contributed by atoms with Crippen molar-refractivity contribution < 1.29 is 42.5 Å². The third-order valence-electron chi connectivity index (χ3n) is 5.18. The number of nitrogens with one attached hydrogen (secondary N) is 2. The molecular formula is C22H21F3N2O6. The third kappa shape index (κ3) is 5.80. The van der Waals surface area contributed by atoms with E-state index in [-0.39, 0.29) is 12.5 Å². The van der Waals surface area contributed by atoms with Gasteiger partial charge in [-0.15, -0.1) is 0 Å². The average Bonchev–Trinajstić information content (AvgIpc) is 3.08. The molecule has 33 heavy (non-hydrogen) atoms. The number of aliphatic carboxylic acids is 1. The molecule has 1 unspecified atom stereocenters. The van der Waals surface area contributed by atoms with Crippen molar-refractivity contribution in [3.8, 4) is 11.1 Å². The second kappa shape index (κ2) is 9.90. The fraction of sp³-hybridized carbons (Fsp3) is 0.318. The summed E-state index contributed by atoms with van der Waals surface area (Å²) >= 11 is 0. The van der Waals surface area contributed by atoms with Gasteiger partial charge in [-0.05, 0) is 22.3 Å². The van der Waals surface area contributed by atoms with E-state index in [1.807, 2.05) is 53.8 Å². The van der Waals surface area contributed by atoms with Gasteiger partial charge in [0.05, 0.1) is 13.0 Å². The molecule has 2 amide bonds. The lowest BCUT2D eigenvalue weighted by atomic mass is 9.98. The van der Waals surface area contributed by atoms with Gasteiger partial charge in [-0.25, -0.2) is 9.59 Å². The van der Waals surface area contributed by atoms with Crippen molar-refractivity contribution in [2.75, 3.05) is 13.2 Å². The maximum Gasteiger partial charge on any atom is 0.407 e. The second-order valence-corrected chi connectivity index (χ2v) is 7.42. The van der Waals surface area contributed by atoms with Crippen molar-refractivity contribution in [3.63, 3.8) is 0 Å². The highest BCUT2D eigenvalue weighted by molar-refractivity contribution is 5.89. The molecule has 2 atom stereocenters. The number of aliphatic hydroxyl groups is 1. The van der Waals surface area contributed by atoms with Gasteiger partial charge in [-0.2, -0.15) is 13.2 Å². The molecule has 0 saturated carbocycles. The maximum absolute atomic E-state index is 12.9. The molecule has 4 N–H and O–H groups in total. The number of alkyl carbamates (subject to hydrolysis) is 1. The largest absolute Gasteiger partial charge is 0.480 e. The van der Waals surface area contributed by atoms with Gasteiger partial charge in [-0.1, -0.05) is 48.5 Å². The molecule has 176 valence electrons. The van der Waals surface area contributed by atoms with Crippen molar-refractivity contribution >= 4 is 18.0 Å². The van der Waals surface area contributed by atoms with Gasteiger partial charge in [0.25, 0.3) is 0 Å². The van der Waals surface area contributed by atoms with Gasteiger partial charge in [0.1, 0.15) is 18.7 Å². The topological polar surface area (TPSA) is 125 Å². The number of carboxylic acid groups (broad SMARTS) is 1. The Hall–Kier alpha value is -3.60. The zero-order chi connectivity index (χ0) is 24.2. The Bertz CT molecular complexity index is 997. The van der Waals surface area contributed by atoms with Crippen LogP contribution in [0.3, 0.4) is 0 Å². The van der Waals surface area contributed by atoms with Gasteiger partial charge in [0, 0.05) is 5.92 Å². The van der Waals surface area contributed by atoms with Crippen molar-refractivity contribution in [3.05, 3.63) is 59.7 Å². The van der Waals surface area contributed by atoms with E-state index in [9.17, 15) is 27.6 Å². The summed E-state index contributed by atoms with van der Waals surface area (Å²) in [4.78, 5) is 35.4. The highest BCUT2D eigenvalue weighted by Crippen LogP contribution is 2.44. The molecule has 3 rings (SSSR count). The number of amides is 2. The molecule has 2 aromatic rings. The van der Waals surface area contributed by atoms with Crippen molar-refractivity contribution in [1.82, 2.24) is 10.6 Å². The Morgan fingerprint density at radius 3 is 1.97 bits per heavy atom. The molecule has 2 aromatic carbocycles. The number of ether oxygens (including phenoxy) is 1. The Balaban J connectivity index is 1.69. The van der Waals surface area contributed by atoms with Crippen LogP contribution in [-0.4, -0.2) is 59.7 Å². The first-order valence-electron chi connectivity index (χ1n) is 9.93. The van der Waals surface area contributed by atoms with Crippen molar-refractivity contribution in [2.45, 2.75) is 30.6 Å². The van der Waals surface area contributed by atoms with Crippen LogP contribution in [0.1, 0.15) is 23.5 Å². The number of fused-ring (bicyclic) bond motifs is 3. The summed E-state index contributed by atoms with van der Waals surface area (Å²) < 4.78 is 43.9. The minimum Gasteiger partial charge on any atom is -0.480 e. The smallest absolute Gasteiger partial charge is 0.407 e. The normalized spacial score (nSPS) is 14.5. The Morgan fingerprint density at radius 2 is 1.48 bits per heavy atom. The van der Waals surface area contributed by atoms with Crippen LogP contribution in [0, 0.1) is 0 Å². The minimum atomic E-state index is -4.84. The highest BCUT2D eigenvalue weighted by Gasteiger charge is 2.38. The second-order valence-electron chi connectivity index (χ2n) is 7.42. The molecule has 1 aliphatic rings. The lowest BCUT2D eigenvalue weighted by Crippen LogP contribution is -2.54. The summed E-state index contributed by atoms with van der Waals surface area (Å²) in [6.45, 7) is -1.22. The van der Waals surface area contributed by atoms with E-state index in [0.29, 0.717) is 0 Å². The summed E-state index contributed by atoms with van der Waals surface area (Å²) in [5.41, 5.74) is 3.70. The predicted octanol–water partition coefficient (Wildman–Crippen LogP) is 2.41. The van der Waals surface area contributed by atoms with E-state index in [2.05, 4.69) is 0 Å². The van der Waals surface area contributed by atoms with Crippen LogP contribution in [0.25, 0.3) is 11.1 Å². The van der Waals surface area contributed by atoms with Gasteiger partial charge in [0.2, 0.25) is 5.91 Å². The highest BCUT2D eigenvalue weighted by atomic mass is 19.4. The number of alkyl halides is 3. The van der Waals surface area contributed by atoms with E-state index in [0.717, 1.165) is 22.3 Å². The molecule has 0 heterocycles. The zero-order valence-electron chi connectivity index (χ0n) is 17.1. The lowest BCUT2D eigenvalue weighted by Gasteiger charge is -2.22. The molecular weight excluding hydrogens is 445 g/mol. The van der Waals surface area contributed by atoms with Crippen molar-refractivity contribution in [2.24, 2.45) is 0 Å². The molecule has 0 bridgehead atoms. The quantitative estimate of drug-likeness (QED) is 0.474. The SMILES string of the molecule is O=C(NC(CC(F)(F)F)C(=O)N[C@H](CO)C(=O)O)OCC1c2ccccc2-c2ccccc21. The van der Waals surface area contributed by atoms with Crippen LogP contribution < -0.4 is 10.6 Å². The number of carbonyl (C=O) groups is 3. The third-order valence-corrected chi connectivity index (χ3v) is 5.18. The van der Waals surface area contributed by atoms with E-state index in [1.54, 1.807) is 5.32 Å². The standard InChI is InChI=1S/C22H21F3N2O6/c23-22(24,25)9-17(19(29)26-18(10-28)20(30)31)27-21(32)33-11-16-14-7-3-1-5-12(14)13-6-2-4-8-15(13)16/h1-8,16-18,28H,9-11H2,(H,26,29)(H,27,32)(H,30,31)/t17?,18-/m1/s1. The van der Waals surface area contributed by atoms with Crippen LogP contribution in [0.4, 0.5) is 18.0 Å². The molecule has 8 nitrogen and oxygen atoms in total. The molecule has 0 aliphatic heterocycles. The van der Waals surface area contributed by atoms with Crippen LogP contribution in [0.2, 0.25) is 0 Å². The molecule has 0 saturated heterocycles. The fourth-order valence-corrected chi connectivity index (χ4v) is 3.68. The Morgan fingerprint density at radius 1 is 0.939 bits per heavy atom. The molecule has 0 fully saturated rings. The first-order valence-corrected chi connectivity index (χ1v) is 9.93. The number of rotatable bonds is 8.